The minimum atomic E-state index is -0.722. The van der Waals surface area contributed by atoms with Crippen LogP contribution in [0.4, 0.5) is 0 Å². The first-order valence-corrected chi connectivity index (χ1v) is 11.8. The van der Waals surface area contributed by atoms with Gasteiger partial charge in [-0.2, -0.15) is 0 Å². The fourth-order valence-electron chi connectivity index (χ4n) is 4.30. The van der Waals surface area contributed by atoms with Crippen LogP contribution in [0.1, 0.15) is 30.5 Å². The van der Waals surface area contributed by atoms with Gasteiger partial charge in [-0.15, -0.1) is 0 Å². The Hall–Kier alpha value is -4.06. The molecule has 6 nitrogen and oxygen atoms in total. The van der Waals surface area contributed by atoms with Gasteiger partial charge in [0.15, 0.2) is 11.5 Å². The smallest absolute Gasteiger partial charge is 0.230 e. The Kier molecular flexibility index (Phi) is 6.27. The monoisotopic (exact) mass is 467 g/mol. The molecule has 35 heavy (non-hydrogen) atoms. The van der Waals surface area contributed by atoms with Gasteiger partial charge in [0.05, 0.1) is 11.7 Å². The third-order valence-corrected chi connectivity index (χ3v) is 6.48. The molecule has 0 radical (unpaired) electrons. The van der Waals surface area contributed by atoms with Gasteiger partial charge in [-0.25, -0.2) is 4.98 Å². The van der Waals surface area contributed by atoms with Crippen LogP contribution in [-0.4, -0.2) is 28.7 Å². The minimum absolute atomic E-state index is 0.0420. The van der Waals surface area contributed by atoms with Crippen LogP contribution in [0.15, 0.2) is 85.5 Å². The summed E-state index contributed by atoms with van der Waals surface area (Å²) in [5.41, 5.74) is 4.68. The number of amides is 1. The highest BCUT2D eigenvalue weighted by Gasteiger charge is 2.31. The number of hydrogen-bond acceptors (Lipinski definition) is 4. The highest BCUT2D eigenvalue weighted by atomic mass is 16.6. The highest BCUT2D eigenvalue weighted by Crippen LogP contribution is 2.35. The van der Waals surface area contributed by atoms with E-state index in [1.54, 1.807) is 6.20 Å². The van der Waals surface area contributed by atoms with E-state index in [1.165, 1.54) is 5.56 Å². The van der Waals surface area contributed by atoms with E-state index in [2.05, 4.69) is 46.7 Å². The molecule has 2 heterocycles. The lowest BCUT2D eigenvalue weighted by Crippen LogP contribution is -2.39. The lowest BCUT2D eigenvalue weighted by Gasteiger charge is -2.27. The van der Waals surface area contributed by atoms with Crippen molar-refractivity contribution >= 4 is 5.91 Å². The van der Waals surface area contributed by atoms with Gasteiger partial charge in [0, 0.05) is 25.5 Å². The number of rotatable bonds is 7. The Morgan fingerprint density at radius 3 is 2.54 bits per heavy atom. The fourth-order valence-corrected chi connectivity index (χ4v) is 4.30. The molecule has 0 saturated carbocycles. The van der Waals surface area contributed by atoms with Gasteiger partial charge in [0.25, 0.3) is 0 Å². The molecule has 3 aromatic carbocycles. The summed E-state index contributed by atoms with van der Waals surface area (Å²) in [5.74, 6) is 1.37. The first kappa shape index (κ1) is 22.7. The van der Waals surface area contributed by atoms with Crippen LogP contribution in [0.2, 0.25) is 0 Å². The van der Waals surface area contributed by atoms with Crippen molar-refractivity contribution in [1.82, 2.24) is 14.9 Å². The maximum absolute atomic E-state index is 13.3. The van der Waals surface area contributed by atoms with Crippen LogP contribution in [0.3, 0.4) is 0 Å². The molecule has 1 aliphatic heterocycles. The van der Waals surface area contributed by atoms with Crippen molar-refractivity contribution < 1.29 is 14.3 Å². The van der Waals surface area contributed by atoms with Crippen LogP contribution in [0.25, 0.3) is 11.1 Å². The molecule has 0 saturated heterocycles. The molecule has 0 aliphatic carbocycles. The summed E-state index contributed by atoms with van der Waals surface area (Å²) in [6.45, 7) is 6.15. The average molecular weight is 468 g/mol. The molecular formula is C29H29N3O3. The fraction of sp³-hybridized carbons (Fsp3) is 0.241. The van der Waals surface area contributed by atoms with E-state index < -0.39 is 5.41 Å². The van der Waals surface area contributed by atoms with Gasteiger partial charge < -0.3 is 19.4 Å². The molecule has 4 aromatic rings. The summed E-state index contributed by atoms with van der Waals surface area (Å²) in [5, 5.41) is 3.15. The molecule has 5 rings (SSSR count). The maximum Gasteiger partial charge on any atom is 0.230 e. The van der Waals surface area contributed by atoms with Crippen molar-refractivity contribution in [3.8, 4) is 22.6 Å². The van der Waals surface area contributed by atoms with Crippen LogP contribution >= 0.6 is 0 Å². The molecule has 0 bridgehead atoms. The van der Waals surface area contributed by atoms with Crippen molar-refractivity contribution in [2.45, 2.75) is 32.4 Å². The van der Waals surface area contributed by atoms with Crippen LogP contribution < -0.4 is 14.8 Å². The molecular weight excluding hydrogens is 438 g/mol. The number of aromatic nitrogens is 2. The van der Waals surface area contributed by atoms with Crippen LogP contribution in [-0.2, 0) is 23.3 Å². The van der Waals surface area contributed by atoms with Crippen molar-refractivity contribution in [1.29, 1.82) is 0 Å². The maximum atomic E-state index is 13.3. The molecule has 1 amide bonds. The molecule has 0 unspecified atom stereocenters. The SMILES string of the molecule is CC(C)(C(=O)NCc1ccccc1-c1ccc(Cn2ccnc2)cc1)c1ccc2c(c1)OCCO2. The summed E-state index contributed by atoms with van der Waals surface area (Å²) in [6, 6.07) is 22.4. The lowest BCUT2D eigenvalue weighted by molar-refractivity contribution is -0.125. The average Bonchev–Trinajstić information content (AvgIpc) is 3.40. The van der Waals surface area contributed by atoms with E-state index in [0.29, 0.717) is 25.5 Å². The Balaban J connectivity index is 1.29. The molecule has 0 atom stereocenters. The normalized spacial score (nSPS) is 12.9. The number of nitrogens with one attached hydrogen (secondary N) is 1. The van der Waals surface area contributed by atoms with Crippen molar-refractivity contribution in [3.05, 3.63) is 102 Å². The van der Waals surface area contributed by atoms with Crippen molar-refractivity contribution in [2.75, 3.05) is 13.2 Å². The van der Waals surface area contributed by atoms with E-state index in [1.807, 2.05) is 61.3 Å². The van der Waals surface area contributed by atoms with Gasteiger partial charge >= 0.3 is 0 Å². The number of imidazole rings is 1. The minimum Gasteiger partial charge on any atom is -0.486 e. The van der Waals surface area contributed by atoms with E-state index in [-0.39, 0.29) is 5.91 Å². The number of fused-ring (bicyclic) bond motifs is 1. The van der Waals surface area contributed by atoms with Gasteiger partial charge in [0.1, 0.15) is 13.2 Å². The third-order valence-electron chi connectivity index (χ3n) is 6.48. The largest absolute Gasteiger partial charge is 0.486 e. The highest BCUT2D eigenvalue weighted by molar-refractivity contribution is 5.87. The van der Waals surface area contributed by atoms with Gasteiger partial charge in [-0.05, 0) is 53.8 Å². The van der Waals surface area contributed by atoms with Crippen LogP contribution in [0.5, 0.6) is 11.5 Å². The molecule has 1 aliphatic rings. The summed E-state index contributed by atoms with van der Waals surface area (Å²) < 4.78 is 13.4. The number of nitrogens with zero attached hydrogens (tertiary/aromatic N) is 2. The van der Waals surface area contributed by atoms with E-state index >= 15 is 0 Å². The summed E-state index contributed by atoms with van der Waals surface area (Å²) in [4.78, 5) is 17.4. The number of ether oxygens (including phenoxy) is 2. The Labute approximate surface area is 205 Å². The molecule has 0 spiro atoms. The number of benzene rings is 3. The van der Waals surface area contributed by atoms with Gasteiger partial charge in [-0.1, -0.05) is 54.6 Å². The first-order chi connectivity index (χ1) is 17.0. The van der Waals surface area contributed by atoms with Gasteiger partial charge in [0.2, 0.25) is 5.91 Å². The van der Waals surface area contributed by atoms with Crippen molar-refractivity contribution in [3.63, 3.8) is 0 Å². The molecule has 178 valence electrons. The van der Waals surface area contributed by atoms with E-state index in [4.69, 9.17) is 9.47 Å². The van der Waals surface area contributed by atoms with E-state index in [0.717, 1.165) is 34.5 Å². The summed E-state index contributed by atoms with van der Waals surface area (Å²) in [7, 11) is 0. The second-order valence-corrected chi connectivity index (χ2v) is 9.26. The quantitative estimate of drug-likeness (QED) is 0.417. The number of carbonyl (C=O) groups excluding carboxylic acids is 1. The Morgan fingerprint density at radius 2 is 1.77 bits per heavy atom. The first-order valence-electron chi connectivity index (χ1n) is 11.8. The third kappa shape index (κ3) is 4.92. The topological polar surface area (TPSA) is 65.4 Å². The zero-order valence-corrected chi connectivity index (χ0v) is 20.0. The summed E-state index contributed by atoms with van der Waals surface area (Å²) >= 11 is 0. The molecule has 1 aromatic heterocycles. The number of hydrogen-bond donors (Lipinski definition) is 1. The van der Waals surface area contributed by atoms with E-state index in [9.17, 15) is 4.79 Å². The molecule has 0 fully saturated rings. The standard InChI is InChI=1S/C29H29N3O3/c1-29(2,24-11-12-26-27(17-24)35-16-15-34-26)28(33)31-18-23-5-3-4-6-25(23)22-9-7-21(8-10-22)19-32-14-13-30-20-32/h3-14,17,20H,15-16,18-19H2,1-2H3,(H,31,33). The molecule has 1 N–H and O–H groups in total. The zero-order chi connectivity index (χ0) is 24.3. The number of carbonyl (C=O) groups is 1. The van der Waals surface area contributed by atoms with Crippen LogP contribution in [0, 0.1) is 0 Å². The predicted octanol–water partition coefficient (Wildman–Crippen LogP) is 4.96. The summed E-state index contributed by atoms with van der Waals surface area (Å²) in [6.07, 6.45) is 5.56. The predicted molar refractivity (Wildman–Crippen MR) is 136 cm³/mol. The Bertz CT molecular complexity index is 1310. The second kappa shape index (κ2) is 9.66. The molecule has 6 heteroatoms. The van der Waals surface area contributed by atoms with Gasteiger partial charge in [-0.3, -0.25) is 4.79 Å². The second-order valence-electron chi connectivity index (χ2n) is 9.26. The lowest BCUT2D eigenvalue weighted by atomic mass is 9.83. The van der Waals surface area contributed by atoms with Crippen molar-refractivity contribution in [2.24, 2.45) is 0 Å². The zero-order valence-electron chi connectivity index (χ0n) is 20.0. The Morgan fingerprint density at radius 1 is 1.00 bits per heavy atom.